The van der Waals surface area contributed by atoms with Crippen molar-refractivity contribution in [3.05, 3.63) is 29.8 Å². The normalized spacial score (nSPS) is 17.1. The largest absolute Gasteiger partial charge is 0.396 e. The van der Waals surface area contributed by atoms with Gasteiger partial charge in [-0.2, -0.15) is 0 Å². The van der Waals surface area contributed by atoms with Crippen molar-refractivity contribution in [1.82, 2.24) is 4.90 Å². The molecule has 0 radical (unpaired) electrons. The Hall–Kier alpha value is -1.39. The summed E-state index contributed by atoms with van der Waals surface area (Å²) < 4.78 is 0. The van der Waals surface area contributed by atoms with Gasteiger partial charge in [-0.25, -0.2) is 0 Å². The molecule has 1 heterocycles. The Labute approximate surface area is 120 Å². The Morgan fingerprint density at radius 3 is 2.50 bits per heavy atom. The van der Waals surface area contributed by atoms with Crippen LogP contribution in [0.5, 0.6) is 0 Å². The van der Waals surface area contributed by atoms with Gasteiger partial charge in [0.1, 0.15) is 0 Å². The predicted molar refractivity (Wildman–Crippen MR) is 80.7 cm³/mol. The van der Waals surface area contributed by atoms with Crippen LogP contribution in [0.4, 0.5) is 5.69 Å². The number of piperidine rings is 1. The molecule has 0 aromatic heterocycles. The van der Waals surface area contributed by atoms with Gasteiger partial charge in [0, 0.05) is 12.3 Å². The van der Waals surface area contributed by atoms with Crippen LogP contribution < -0.4 is 5.32 Å². The Balaban J connectivity index is 1.77. The summed E-state index contributed by atoms with van der Waals surface area (Å²) in [6.45, 7) is 4.61. The van der Waals surface area contributed by atoms with Crippen LogP contribution in [-0.4, -0.2) is 42.2 Å². The van der Waals surface area contributed by atoms with E-state index in [1.165, 1.54) is 5.56 Å². The van der Waals surface area contributed by atoms with E-state index < -0.39 is 0 Å². The highest BCUT2D eigenvalue weighted by molar-refractivity contribution is 5.92. The Morgan fingerprint density at radius 2 is 1.95 bits per heavy atom. The zero-order chi connectivity index (χ0) is 14.4. The number of carbonyl (C=O) groups is 1. The first-order chi connectivity index (χ1) is 9.71. The number of anilines is 1. The first-order valence-electron chi connectivity index (χ1n) is 7.43. The molecule has 4 nitrogen and oxygen atoms in total. The van der Waals surface area contributed by atoms with Gasteiger partial charge in [0.25, 0.3) is 0 Å². The van der Waals surface area contributed by atoms with E-state index in [1.807, 2.05) is 24.3 Å². The molecular weight excluding hydrogens is 252 g/mol. The summed E-state index contributed by atoms with van der Waals surface area (Å²) in [6.07, 6.45) is 2.97. The van der Waals surface area contributed by atoms with Crippen LogP contribution in [-0.2, 0) is 11.2 Å². The average molecular weight is 276 g/mol. The molecule has 1 aromatic rings. The maximum Gasteiger partial charge on any atom is 0.238 e. The van der Waals surface area contributed by atoms with Gasteiger partial charge < -0.3 is 10.4 Å². The van der Waals surface area contributed by atoms with Crippen LogP contribution in [0.2, 0.25) is 0 Å². The van der Waals surface area contributed by atoms with Crippen molar-refractivity contribution in [3.8, 4) is 0 Å². The second kappa shape index (κ2) is 7.41. The van der Waals surface area contributed by atoms with Crippen LogP contribution in [0.25, 0.3) is 0 Å². The second-order valence-corrected chi connectivity index (χ2v) is 5.50. The van der Waals surface area contributed by atoms with E-state index in [9.17, 15) is 4.79 Å². The first-order valence-corrected chi connectivity index (χ1v) is 7.43. The lowest BCUT2D eigenvalue weighted by Crippen LogP contribution is -2.39. The lowest BCUT2D eigenvalue weighted by molar-refractivity contribution is -0.117. The number of nitrogens with one attached hydrogen (secondary N) is 1. The number of aryl methyl sites for hydroxylation is 1. The number of aliphatic hydroxyl groups is 1. The summed E-state index contributed by atoms with van der Waals surface area (Å²) in [5.74, 6) is 0.451. The number of carbonyl (C=O) groups excluding carboxylic acids is 1. The van der Waals surface area contributed by atoms with E-state index in [4.69, 9.17) is 5.11 Å². The van der Waals surface area contributed by atoms with Crippen LogP contribution in [0.15, 0.2) is 24.3 Å². The third-order valence-corrected chi connectivity index (χ3v) is 3.98. The van der Waals surface area contributed by atoms with Crippen molar-refractivity contribution < 1.29 is 9.90 Å². The minimum atomic E-state index is 0.0386. The van der Waals surface area contributed by atoms with Gasteiger partial charge in [0.2, 0.25) is 5.91 Å². The molecule has 1 aromatic carbocycles. The number of aliphatic hydroxyl groups excluding tert-OH is 1. The predicted octanol–water partition coefficient (Wildman–Crippen LogP) is 1.89. The molecule has 0 unspecified atom stereocenters. The molecule has 110 valence electrons. The summed E-state index contributed by atoms with van der Waals surface area (Å²) in [4.78, 5) is 14.1. The van der Waals surface area contributed by atoms with Crippen molar-refractivity contribution in [1.29, 1.82) is 0 Å². The highest BCUT2D eigenvalue weighted by atomic mass is 16.3. The van der Waals surface area contributed by atoms with Gasteiger partial charge in [-0.05, 0) is 56.0 Å². The topological polar surface area (TPSA) is 52.6 Å². The first kappa shape index (κ1) is 15.0. The van der Waals surface area contributed by atoms with Gasteiger partial charge in [0.15, 0.2) is 0 Å². The molecule has 20 heavy (non-hydrogen) atoms. The van der Waals surface area contributed by atoms with E-state index in [0.29, 0.717) is 12.5 Å². The lowest BCUT2D eigenvalue weighted by atomic mass is 9.98. The zero-order valence-corrected chi connectivity index (χ0v) is 12.1. The van der Waals surface area contributed by atoms with Gasteiger partial charge in [-0.3, -0.25) is 9.69 Å². The summed E-state index contributed by atoms with van der Waals surface area (Å²) in [5.41, 5.74) is 2.13. The van der Waals surface area contributed by atoms with Crippen LogP contribution in [0, 0.1) is 5.92 Å². The van der Waals surface area contributed by atoms with Crippen molar-refractivity contribution in [2.24, 2.45) is 5.92 Å². The summed E-state index contributed by atoms with van der Waals surface area (Å²) in [5, 5.41) is 12.0. The Bertz CT molecular complexity index is 423. The highest BCUT2D eigenvalue weighted by Crippen LogP contribution is 2.16. The summed E-state index contributed by atoms with van der Waals surface area (Å²) in [6, 6.07) is 7.99. The highest BCUT2D eigenvalue weighted by Gasteiger charge is 2.20. The lowest BCUT2D eigenvalue weighted by Gasteiger charge is -2.30. The molecule has 1 aliphatic heterocycles. The molecule has 0 aliphatic carbocycles. The third-order valence-electron chi connectivity index (χ3n) is 3.98. The average Bonchev–Trinajstić information content (AvgIpc) is 2.49. The van der Waals surface area contributed by atoms with Crippen molar-refractivity contribution in [3.63, 3.8) is 0 Å². The third kappa shape index (κ3) is 4.32. The van der Waals surface area contributed by atoms with E-state index in [0.717, 1.165) is 38.0 Å². The molecule has 2 N–H and O–H groups in total. The minimum absolute atomic E-state index is 0.0386. The molecule has 1 aliphatic rings. The fraction of sp³-hybridized carbons (Fsp3) is 0.562. The number of amides is 1. The Morgan fingerprint density at radius 1 is 1.30 bits per heavy atom. The molecule has 4 heteroatoms. The molecule has 0 saturated carbocycles. The monoisotopic (exact) mass is 276 g/mol. The van der Waals surface area contributed by atoms with Crippen LogP contribution >= 0.6 is 0 Å². The number of hydrogen-bond acceptors (Lipinski definition) is 3. The molecule has 1 fully saturated rings. The minimum Gasteiger partial charge on any atom is -0.396 e. The summed E-state index contributed by atoms with van der Waals surface area (Å²) in [7, 11) is 0. The Kier molecular flexibility index (Phi) is 5.56. The van der Waals surface area contributed by atoms with Gasteiger partial charge in [-0.15, -0.1) is 0 Å². The number of benzene rings is 1. The standard InChI is InChI=1S/C16H24N2O2/c1-2-13-3-5-15(6-4-13)17-16(20)11-18-9-7-14(12-19)8-10-18/h3-6,14,19H,2,7-12H2,1H3,(H,17,20). The van der Waals surface area contributed by atoms with Crippen molar-refractivity contribution in [2.75, 3.05) is 31.6 Å². The fourth-order valence-electron chi connectivity index (χ4n) is 2.55. The fourth-order valence-corrected chi connectivity index (χ4v) is 2.55. The maximum atomic E-state index is 12.0. The second-order valence-electron chi connectivity index (χ2n) is 5.50. The van der Waals surface area contributed by atoms with E-state index in [2.05, 4.69) is 17.1 Å². The van der Waals surface area contributed by atoms with Crippen LogP contribution in [0.1, 0.15) is 25.3 Å². The number of likely N-dealkylation sites (tertiary alicyclic amines) is 1. The molecule has 0 atom stereocenters. The van der Waals surface area contributed by atoms with E-state index in [1.54, 1.807) is 0 Å². The summed E-state index contributed by atoms with van der Waals surface area (Å²) >= 11 is 0. The maximum absolute atomic E-state index is 12.0. The zero-order valence-electron chi connectivity index (χ0n) is 12.1. The molecule has 0 bridgehead atoms. The SMILES string of the molecule is CCc1ccc(NC(=O)CN2CCC(CO)CC2)cc1. The van der Waals surface area contributed by atoms with Crippen LogP contribution in [0.3, 0.4) is 0 Å². The van der Waals surface area contributed by atoms with Gasteiger partial charge >= 0.3 is 0 Å². The number of hydrogen-bond donors (Lipinski definition) is 2. The van der Waals surface area contributed by atoms with E-state index in [-0.39, 0.29) is 12.5 Å². The molecule has 0 spiro atoms. The molecular formula is C16H24N2O2. The molecule has 1 amide bonds. The van der Waals surface area contributed by atoms with E-state index >= 15 is 0 Å². The van der Waals surface area contributed by atoms with Gasteiger partial charge in [0.05, 0.1) is 6.54 Å². The molecule has 2 rings (SSSR count). The number of rotatable bonds is 5. The number of nitrogens with zero attached hydrogens (tertiary/aromatic N) is 1. The quantitative estimate of drug-likeness (QED) is 0.863. The van der Waals surface area contributed by atoms with Crippen molar-refractivity contribution in [2.45, 2.75) is 26.2 Å². The van der Waals surface area contributed by atoms with Crippen molar-refractivity contribution >= 4 is 11.6 Å². The van der Waals surface area contributed by atoms with Gasteiger partial charge in [-0.1, -0.05) is 19.1 Å². The smallest absolute Gasteiger partial charge is 0.238 e. The molecule has 1 saturated heterocycles.